The molecule has 0 amide bonds. The van der Waals surface area contributed by atoms with Crippen LogP contribution in [0, 0.1) is 0 Å². The van der Waals surface area contributed by atoms with Gasteiger partial charge in [-0.1, -0.05) is 47.6 Å². The van der Waals surface area contributed by atoms with E-state index in [4.69, 9.17) is 5.84 Å². The Kier molecular flexibility index (Phi) is 4.79. The monoisotopic (exact) mass is 338 g/mol. The number of nitrogens with one attached hydrogen (secondary N) is 1. The molecule has 0 saturated heterocycles. The molecule has 100 valence electrons. The van der Waals surface area contributed by atoms with Crippen molar-refractivity contribution < 1.29 is 0 Å². The maximum Gasteiger partial charge on any atom is 0.147 e. The molecule has 0 radical (unpaired) electrons. The first-order valence-electron chi connectivity index (χ1n) is 5.86. The minimum absolute atomic E-state index is 0.293. The molecule has 0 aliphatic heterocycles. The molecule has 3 N–H and O–H groups in total. The third kappa shape index (κ3) is 3.46. The fourth-order valence-electron chi connectivity index (χ4n) is 1.74. The summed E-state index contributed by atoms with van der Waals surface area (Å²) in [5, 5.41) is 0.927. The van der Waals surface area contributed by atoms with Crippen molar-refractivity contribution in [2.45, 2.75) is 29.7 Å². The average Bonchev–Trinajstić information content (AvgIpc) is 2.38. The summed E-state index contributed by atoms with van der Waals surface area (Å²) in [5.41, 5.74) is 3.68. The van der Waals surface area contributed by atoms with E-state index in [9.17, 15) is 0 Å². The van der Waals surface area contributed by atoms with Gasteiger partial charge in [0.2, 0.25) is 0 Å². The highest BCUT2D eigenvalue weighted by Gasteiger charge is 2.15. The average molecular weight is 339 g/mol. The SMILES string of the molecule is CC(C)c1c(NN)ncnc1Sc1cccc(Br)c1. The van der Waals surface area contributed by atoms with Crippen molar-refractivity contribution in [2.24, 2.45) is 5.84 Å². The van der Waals surface area contributed by atoms with Crippen LogP contribution in [-0.2, 0) is 0 Å². The number of hydrazine groups is 1. The molecule has 0 aliphatic rings. The minimum Gasteiger partial charge on any atom is -0.308 e. The predicted octanol–water partition coefficient (Wildman–Crippen LogP) is 3.80. The van der Waals surface area contributed by atoms with Crippen molar-refractivity contribution in [1.82, 2.24) is 9.97 Å². The van der Waals surface area contributed by atoms with Crippen LogP contribution in [-0.4, -0.2) is 9.97 Å². The quantitative estimate of drug-likeness (QED) is 0.504. The van der Waals surface area contributed by atoms with Crippen LogP contribution < -0.4 is 11.3 Å². The number of rotatable bonds is 4. The van der Waals surface area contributed by atoms with Crippen LogP contribution in [0.3, 0.4) is 0 Å². The second-order valence-corrected chi connectivity index (χ2v) is 6.28. The fourth-order valence-corrected chi connectivity index (χ4v) is 3.39. The van der Waals surface area contributed by atoms with Crippen LogP contribution in [0.2, 0.25) is 0 Å². The minimum atomic E-state index is 0.293. The van der Waals surface area contributed by atoms with Crippen molar-refractivity contribution in [3.05, 3.63) is 40.6 Å². The van der Waals surface area contributed by atoms with Crippen molar-refractivity contribution in [3.8, 4) is 0 Å². The van der Waals surface area contributed by atoms with Gasteiger partial charge >= 0.3 is 0 Å². The Hall–Kier alpha value is -1.11. The van der Waals surface area contributed by atoms with Gasteiger partial charge in [-0.3, -0.25) is 0 Å². The number of hydrogen-bond acceptors (Lipinski definition) is 5. The highest BCUT2D eigenvalue weighted by molar-refractivity contribution is 9.10. The summed E-state index contributed by atoms with van der Waals surface area (Å²) in [6, 6.07) is 8.12. The molecule has 0 bridgehead atoms. The molecule has 0 saturated carbocycles. The van der Waals surface area contributed by atoms with Crippen LogP contribution in [0.15, 0.2) is 45.0 Å². The second kappa shape index (κ2) is 6.36. The Morgan fingerprint density at radius 2 is 2.11 bits per heavy atom. The second-order valence-electron chi connectivity index (χ2n) is 4.30. The van der Waals surface area contributed by atoms with Crippen molar-refractivity contribution in [3.63, 3.8) is 0 Å². The van der Waals surface area contributed by atoms with Crippen LogP contribution in [0.1, 0.15) is 25.3 Å². The Labute approximate surface area is 125 Å². The van der Waals surface area contributed by atoms with Crippen LogP contribution >= 0.6 is 27.7 Å². The van der Waals surface area contributed by atoms with Gasteiger partial charge in [-0.15, -0.1) is 0 Å². The predicted molar refractivity (Wildman–Crippen MR) is 82.2 cm³/mol. The van der Waals surface area contributed by atoms with Gasteiger partial charge in [0.1, 0.15) is 17.2 Å². The molecule has 1 aromatic heterocycles. The Bertz CT molecular complexity index is 574. The summed E-state index contributed by atoms with van der Waals surface area (Å²) < 4.78 is 1.05. The van der Waals surface area contributed by atoms with E-state index >= 15 is 0 Å². The molecule has 0 unspecified atom stereocenters. The molecule has 0 aliphatic carbocycles. The third-order valence-electron chi connectivity index (χ3n) is 2.57. The van der Waals surface area contributed by atoms with Crippen molar-refractivity contribution >= 4 is 33.5 Å². The van der Waals surface area contributed by atoms with Crippen molar-refractivity contribution in [2.75, 3.05) is 5.43 Å². The number of nitrogens with two attached hydrogens (primary N) is 1. The standard InChI is InChI=1S/C13H15BrN4S/c1-8(2)11-12(18-15)16-7-17-13(11)19-10-5-3-4-9(14)6-10/h3-8H,15H2,1-2H3,(H,16,17,18). The van der Waals surface area contributed by atoms with Crippen LogP contribution in [0.5, 0.6) is 0 Å². The highest BCUT2D eigenvalue weighted by atomic mass is 79.9. The Balaban J connectivity index is 2.39. The summed E-state index contributed by atoms with van der Waals surface area (Å²) in [5.74, 6) is 6.49. The van der Waals surface area contributed by atoms with Gasteiger partial charge in [0.25, 0.3) is 0 Å². The summed E-state index contributed by atoms with van der Waals surface area (Å²) in [6.07, 6.45) is 1.53. The summed E-state index contributed by atoms with van der Waals surface area (Å²) in [7, 11) is 0. The first kappa shape index (κ1) is 14.3. The molecule has 1 heterocycles. The topological polar surface area (TPSA) is 63.8 Å². The molecule has 0 spiro atoms. The summed E-state index contributed by atoms with van der Waals surface area (Å²) in [6.45, 7) is 4.20. The van der Waals surface area contributed by atoms with Gasteiger partial charge in [-0.25, -0.2) is 15.8 Å². The molecule has 2 rings (SSSR count). The zero-order chi connectivity index (χ0) is 13.8. The highest BCUT2D eigenvalue weighted by Crippen LogP contribution is 2.35. The van der Waals surface area contributed by atoms with E-state index in [1.807, 2.05) is 12.1 Å². The number of nitrogen functional groups attached to an aromatic ring is 1. The molecule has 4 nitrogen and oxygen atoms in total. The normalized spacial score (nSPS) is 10.8. The molecule has 19 heavy (non-hydrogen) atoms. The first-order chi connectivity index (χ1) is 9.11. The first-order valence-corrected chi connectivity index (χ1v) is 7.47. The molecular weight excluding hydrogens is 324 g/mol. The van der Waals surface area contributed by atoms with E-state index in [0.29, 0.717) is 11.7 Å². The Morgan fingerprint density at radius 3 is 2.74 bits per heavy atom. The number of anilines is 1. The smallest absolute Gasteiger partial charge is 0.147 e. The zero-order valence-electron chi connectivity index (χ0n) is 10.7. The van der Waals surface area contributed by atoms with E-state index in [0.717, 1.165) is 20.0 Å². The number of nitrogens with zero attached hydrogens (tertiary/aromatic N) is 2. The van der Waals surface area contributed by atoms with Gasteiger partial charge < -0.3 is 5.43 Å². The van der Waals surface area contributed by atoms with Crippen LogP contribution in [0.25, 0.3) is 0 Å². The van der Waals surface area contributed by atoms with Gasteiger partial charge in [0, 0.05) is 14.9 Å². The molecule has 6 heteroatoms. The van der Waals surface area contributed by atoms with E-state index in [1.54, 1.807) is 11.8 Å². The van der Waals surface area contributed by atoms with E-state index in [-0.39, 0.29) is 0 Å². The van der Waals surface area contributed by atoms with E-state index in [1.165, 1.54) is 6.33 Å². The summed E-state index contributed by atoms with van der Waals surface area (Å²) in [4.78, 5) is 9.67. The number of aromatic nitrogens is 2. The molecule has 1 aromatic carbocycles. The van der Waals surface area contributed by atoms with Gasteiger partial charge in [0.15, 0.2) is 0 Å². The number of benzene rings is 1. The molecule has 0 atom stereocenters. The largest absolute Gasteiger partial charge is 0.308 e. The number of hydrogen-bond donors (Lipinski definition) is 2. The van der Waals surface area contributed by atoms with Gasteiger partial charge in [-0.2, -0.15) is 0 Å². The third-order valence-corrected chi connectivity index (χ3v) is 4.07. The lowest BCUT2D eigenvalue weighted by Gasteiger charge is -2.14. The van der Waals surface area contributed by atoms with Gasteiger partial charge in [0.05, 0.1) is 0 Å². The molecule has 0 fully saturated rings. The lowest BCUT2D eigenvalue weighted by atomic mass is 10.1. The summed E-state index contributed by atoms with van der Waals surface area (Å²) >= 11 is 5.08. The molecular formula is C13H15BrN4S. The maximum atomic E-state index is 5.52. The maximum absolute atomic E-state index is 5.52. The molecule has 2 aromatic rings. The van der Waals surface area contributed by atoms with E-state index in [2.05, 4.69) is 57.3 Å². The number of halogens is 1. The lowest BCUT2D eigenvalue weighted by Crippen LogP contribution is -2.13. The lowest BCUT2D eigenvalue weighted by molar-refractivity contribution is 0.804. The van der Waals surface area contributed by atoms with E-state index < -0.39 is 0 Å². The zero-order valence-corrected chi connectivity index (χ0v) is 13.1. The fraction of sp³-hybridized carbons (Fsp3) is 0.231. The van der Waals surface area contributed by atoms with Gasteiger partial charge in [-0.05, 0) is 24.1 Å². The Morgan fingerprint density at radius 1 is 1.32 bits per heavy atom. The van der Waals surface area contributed by atoms with Crippen molar-refractivity contribution in [1.29, 1.82) is 0 Å². The van der Waals surface area contributed by atoms with Crippen LogP contribution in [0.4, 0.5) is 5.82 Å².